The second kappa shape index (κ2) is 8.00. The number of anilines is 1. The summed E-state index contributed by atoms with van der Waals surface area (Å²) < 4.78 is 2.98. The van der Waals surface area contributed by atoms with Gasteiger partial charge in [0.2, 0.25) is 5.91 Å². The van der Waals surface area contributed by atoms with E-state index in [2.05, 4.69) is 20.7 Å². The first-order valence-corrected chi connectivity index (χ1v) is 8.48. The van der Waals surface area contributed by atoms with Gasteiger partial charge in [0.25, 0.3) is 5.91 Å². The van der Waals surface area contributed by atoms with E-state index in [0.29, 0.717) is 17.4 Å². The van der Waals surface area contributed by atoms with Crippen LogP contribution in [-0.2, 0) is 17.9 Å². The maximum absolute atomic E-state index is 12.4. The summed E-state index contributed by atoms with van der Waals surface area (Å²) in [5, 5.41) is 15.3. The quantitative estimate of drug-likeness (QED) is 0.691. The van der Waals surface area contributed by atoms with Gasteiger partial charge in [-0.1, -0.05) is 28.9 Å². The van der Waals surface area contributed by atoms with Gasteiger partial charge in [0.1, 0.15) is 12.4 Å². The maximum Gasteiger partial charge on any atom is 0.278 e. The Bertz CT molecular complexity index is 946. The summed E-state index contributed by atoms with van der Waals surface area (Å²) in [6, 6.07) is 9.07. The third-order valence-electron chi connectivity index (χ3n) is 3.77. The number of carbonyl (C=O) groups is 2. The van der Waals surface area contributed by atoms with Gasteiger partial charge in [0.15, 0.2) is 5.69 Å². The minimum absolute atomic E-state index is 0.0157. The number of aromatic nitrogens is 5. The van der Waals surface area contributed by atoms with Crippen LogP contribution in [0.5, 0.6) is 0 Å². The Morgan fingerprint density at radius 2 is 1.93 bits per heavy atom. The predicted molar refractivity (Wildman–Crippen MR) is 99.5 cm³/mol. The molecule has 10 heteroatoms. The molecule has 0 aliphatic heterocycles. The minimum Gasteiger partial charge on any atom is -0.347 e. The van der Waals surface area contributed by atoms with Crippen molar-refractivity contribution in [3.8, 4) is 0 Å². The average Bonchev–Trinajstić information content (AvgIpc) is 3.27. The van der Waals surface area contributed by atoms with Gasteiger partial charge >= 0.3 is 0 Å². The molecule has 0 unspecified atom stereocenters. The van der Waals surface area contributed by atoms with Crippen LogP contribution in [0.15, 0.2) is 42.7 Å². The molecule has 2 amide bonds. The van der Waals surface area contributed by atoms with E-state index >= 15 is 0 Å². The fourth-order valence-electron chi connectivity index (χ4n) is 2.27. The first-order chi connectivity index (χ1) is 12.9. The van der Waals surface area contributed by atoms with Crippen LogP contribution in [0.3, 0.4) is 0 Å². The molecule has 2 aromatic heterocycles. The van der Waals surface area contributed by atoms with E-state index in [1.54, 1.807) is 43.2 Å². The van der Waals surface area contributed by atoms with Crippen molar-refractivity contribution in [2.75, 3.05) is 19.4 Å². The third-order valence-corrected chi connectivity index (χ3v) is 4.02. The van der Waals surface area contributed by atoms with Crippen LogP contribution in [0, 0.1) is 0 Å². The Hall–Kier alpha value is -3.20. The summed E-state index contributed by atoms with van der Waals surface area (Å²) in [6.07, 6.45) is 3.02. The predicted octanol–water partition coefficient (Wildman–Crippen LogP) is 1.52. The second-order valence-electron chi connectivity index (χ2n) is 6.04. The molecule has 9 nitrogen and oxygen atoms in total. The number of hydrogen-bond donors (Lipinski definition) is 1. The number of nitrogens with one attached hydrogen (secondary N) is 1. The van der Waals surface area contributed by atoms with Crippen LogP contribution in [0.2, 0.25) is 5.02 Å². The first kappa shape index (κ1) is 18.6. The zero-order chi connectivity index (χ0) is 19.4. The number of amides is 2. The maximum atomic E-state index is 12.4. The Labute approximate surface area is 160 Å². The molecule has 1 N–H and O–H groups in total. The minimum atomic E-state index is -0.434. The molecule has 0 saturated heterocycles. The van der Waals surface area contributed by atoms with Crippen molar-refractivity contribution in [3.05, 3.63) is 59.0 Å². The number of nitrogens with zero attached hydrogens (tertiary/aromatic N) is 6. The highest BCUT2D eigenvalue weighted by atomic mass is 35.5. The second-order valence-corrected chi connectivity index (χ2v) is 6.48. The lowest BCUT2D eigenvalue weighted by molar-refractivity contribution is -0.129. The van der Waals surface area contributed by atoms with Crippen LogP contribution in [0.1, 0.15) is 16.1 Å². The fraction of sp³-hybridized carbons (Fsp3) is 0.235. The van der Waals surface area contributed by atoms with Gasteiger partial charge in [-0.25, -0.2) is 9.36 Å². The Kier molecular flexibility index (Phi) is 5.51. The first-order valence-electron chi connectivity index (χ1n) is 8.10. The molecule has 0 bridgehead atoms. The van der Waals surface area contributed by atoms with Crippen molar-refractivity contribution in [2.24, 2.45) is 0 Å². The van der Waals surface area contributed by atoms with Crippen molar-refractivity contribution in [1.82, 2.24) is 29.7 Å². The largest absolute Gasteiger partial charge is 0.347 e. The molecular weight excluding hydrogens is 370 g/mol. The van der Waals surface area contributed by atoms with Crippen molar-refractivity contribution >= 4 is 29.2 Å². The Balaban J connectivity index is 1.67. The van der Waals surface area contributed by atoms with Crippen molar-refractivity contribution in [3.63, 3.8) is 0 Å². The molecular formula is C17H18ClN7O2. The molecule has 3 aromatic rings. The molecule has 0 atom stereocenters. The van der Waals surface area contributed by atoms with Gasteiger partial charge in [-0.05, 0) is 17.7 Å². The molecule has 2 heterocycles. The number of likely N-dealkylation sites (N-methyl/N-ethyl adjacent to an activating group) is 1. The number of rotatable bonds is 6. The van der Waals surface area contributed by atoms with Gasteiger partial charge in [-0.3, -0.25) is 9.59 Å². The monoisotopic (exact) mass is 387 g/mol. The van der Waals surface area contributed by atoms with E-state index in [4.69, 9.17) is 11.6 Å². The van der Waals surface area contributed by atoms with E-state index in [1.165, 1.54) is 15.8 Å². The summed E-state index contributed by atoms with van der Waals surface area (Å²) >= 11 is 5.89. The molecule has 0 spiro atoms. The smallest absolute Gasteiger partial charge is 0.278 e. The highest BCUT2D eigenvalue weighted by Crippen LogP contribution is 2.14. The Morgan fingerprint density at radius 3 is 2.63 bits per heavy atom. The van der Waals surface area contributed by atoms with Gasteiger partial charge in [-0.15, -0.1) is 5.10 Å². The Morgan fingerprint density at radius 1 is 1.19 bits per heavy atom. The summed E-state index contributed by atoms with van der Waals surface area (Å²) in [4.78, 5) is 25.6. The molecule has 3 rings (SSSR count). The molecule has 0 aliphatic carbocycles. The molecule has 140 valence electrons. The van der Waals surface area contributed by atoms with Crippen LogP contribution >= 0.6 is 11.6 Å². The van der Waals surface area contributed by atoms with Gasteiger partial charge in [-0.2, -0.15) is 5.10 Å². The van der Waals surface area contributed by atoms with Crippen LogP contribution < -0.4 is 5.32 Å². The zero-order valence-electron chi connectivity index (χ0n) is 14.8. The van der Waals surface area contributed by atoms with Crippen molar-refractivity contribution in [1.29, 1.82) is 0 Å². The highest BCUT2D eigenvalue weighted by molar-refractivity contribution is 6.30. The van der Waals surface area contributed by atoms with Crippen LogP contribution in [0.4, 0.5) is 5.82 Å². The molecule has 0 fully saturated rings. The highest BCUT2D eigenvalue weighted by Gasteiger charge is 2.15. The fourth-order valence-corrected chi connectivity index (χ4v) is 2.39. The average molecular weight is 388 g/mol. The lowest BCUT2D eigenvalue weighted by atomic mass is 10.2. The summed E-state index contributed by atoms with van der Waals surface area (Å²) in [7, 11) is 3.30. The number of carbonyl (C=O) groups excluding carboxylic acids is 2. The van der Waals surface area contributed by atoms with E-state index in [0.717, 1.165) is 5.56 Å². The molecule has 27 heavy (non-hydrogen) atoms. The summed E-state index contributed by atoms with van der Waals surface area (Å²) in [6.45, 7) is 0.492. The summed E-state index contributed by atoms with van der Waals surface area (Å²) in [5.41, 5.74) is 1.10. The van der Waals surface area contributed by atoms with Crippen LogP contribution in [0.25, 0.3) is 0 Å². The van der Waals surface area contributed by atoms with E-state index < -0.39 is 5.91 Å². The van der Waals surface area contributed by atoms with Gasteiger partial charge in [0.05, 0.1) is 18.9 Å². The number of benzene rings is 1. The lowest BCUT2D eigenvalue weighted by Crippen LogP contribution is -2.26. The number of hydrogen-bond acceptors (Lipinski definition) is 5. The van der Waals surface area contributed by atoms with Gasteiger partial charge < -0.3 is 10.2 Å². The lowest BCUT2D eigenvalue weighted by Gasteiger charge is -2.09. The van der Waals surface area contributed by atoms with E-state index in [-0.39, 0.29) is 18.1 Å². The molecule has 0 radical (unpaired) electrons. The third kappa shape index (κ3) is 4.70. The van der Waals surface area contributed by atoms with Crippen molar-refractivity contribution in [2.45, 2.75) is 13.1 Å². The summed E-state index contributed by atoms with van der Waals surface area (Å²) in [5.74, 6) is -0.0572. The topological polar surface area (TPSA) is 97.9 Å². The molecule has 1 aromatic carbocycles. The standard InChI is InChI=1S/C17H18ClN7O2/c1-23(2)16(26)11-24-10-14(21-22-24)17(27)20-15-7-8-19-25(15)9-12-3-5-13(18)6-4-12/h3-8,10H,9,11H2,1-2H3,(H,20,27). The SMILES string of the molecule is CN(C)C(=O)Cn1cc(C(=O)Nc2ccnn2Cc2ccc(Cl)cc2)nn1. The molecule has 0 saturated carbocycles. The zero-order valence-corrected chi connectivity index (χ0v) is 15.6. The van der Waals surface area contributed by atoms with E-state index in [1.807, 2.05) is 12.1 Å². The number of halogens is 1. The molecule has 0 aliphatic rings. The van der Waals surface area contributed by atoms with Gasteiger partial charge in [0, 0.05) is 25.2 Å². The van der Waals surface area contributed by atoms with Crippen molar-refractivity contribution < 1.29 is 9.59 Å². The normalized spacial score (nSPS) is 10.6. The van der Waals surface area contributed by atoms with E-state index in [9.17, 15) is 9.59 Å². The van der Waals surface area contributed by atoms with Crippen LogP contribution in [-0.4, -0.2) is 55.6 Å².